The first kappa shape index (κ1) is 9.88. The van der Waals surface area contributed by atoms with Gasteiger partial charge in [-0.3, -0.25) is 0 Å². The van der Waals surface area contributed by atoms with Gasteiger partial charge in [0.25, 0.3) is 0 Å². The summed E-state index contributed by atoms with van der Waals surface area (Å²) in [6.07, 6.45) is 0.911. The first-order valence-electron chi connectivity index (χ1n) is 2.25. The largest absolute Gasteiger partial charge is 0.237 e. The molecular weight excluding hydrogens is 188 g/mol. The normalized spacial score (nSPS) is 10.9. The van der Waals surface area contributed by atoms with Crippen LogP contribution in [-0.2, 0) is 4.79 Å². The lowest BCUT2D eigenvalue weighted by Crippen LogP contribution is -2.01. The fourth-order valence-corrected chi connectivity index (χ4v) is 1.10. The molecule has 0 saturated heterocycles. The molecule has 0 amide bonds. The summed E-state index contributed by atoms with van der Waals surface area (Å²) in [4.78, 5) is 16.6. The van der Waals surface area contributed by atoms with Gasteiger partial charge in [-0.15, -0.1) is 11.7 Å². The summed E-state index contributed by atoms with van der Waals surface area (Å²) in [5.74, 6) is 0.502. The Bertz CT molecular complexity index is 165. The van der Waals surface area contributed by atoms with Crippen molar-refractivity contribution in [2.45, 2.75) is 6.17 Å². The Morgan fingerprint density at radius 2 is 2.40 bits per heavy atom. The zero-order valence-electron chi connectivity index (χ0n) is 4.85. The molecule has 0 spiro atoms. The lowest BCUT2D eigenvalue weighted by molar-refractivity contribution is 0.560. The average Bonchev–Trinajstić information content (AvgIpc) is 1.90. The van der Waals surface area contributed by atoms with Crippen molar-refractivity contribution in [3.63, 3.8) is 0 Å². The van der Waals surface area contributed by atoms with Crippen molar-refractivity contribution in [3.8, 4) is 0 Å². The molecule has 0 aromatic heterocycles. The Kier molecular flexibility index (Phi) is 6.91. The molecule has 0 rings (SSSR count). The molecule has 0 bridgehead atoms. The van der Waals surface area contributed by atoms with Crippen molar-refractivity contribution < 1.29 is 4.79 Å². The van der Waals surface area contributed by atoms with Gasteiger partial charge in [0.05, 0.1) is 5.16 Å². The van der Waals surface area contributed by atoms with Gasteiger partial charge in [-0.2, -0.15) is 4.99 Å². The first-order chi connectivity index (χ1) is 4.85. The number of isothiocyanates is 1. The van der Waals surface area contributed by atoms with Crippen LogP contribution in [0.25, 0.3) is 0 Å². The van der Waals surface area contributed by atoms with Crippen LogP contribution in [0.3, 0.4) is 0 Å². The third-order valence-electron chi connectivity index (χ3n) is 0.627. The molecule has 0 aliphatic heterocycles. The second kappa shape index (κ2) is 6.99. The fraction of sp³-hybridized carbons (Fsp3) is 0.500. The Balaban J connectivity index is 3.96. The summed E-state index contributed by atoms with van der Waals surface area (Å²) in [5, 5.41) is 2.13. The molecule has 3 nitrogen and oxygen atoms in total. The summed E-state index contributed by atoms with van der Waals surface area (Å²) >= 11 is 8.17. The molecule has 0 saturated carbocycles. The summed E-state index contributed by atoms with van der Waals surface area (Å²) < 4.78 is 0. The molecular formula is C4H4N2OS3. The van der Waals surface area contributed by atoms with Crippen LogP contribution in [0.15, 0.2) is 9.98 Å². The molecule has 0 aromatic carbocycles. The lowest BCUT2D eigenvalue weighted by atomic mass is 10.6. The number of hydrogen-bond acceptors (Lipinski definition) is 6. The summed E-state index contributed by atoms with van der Waals surface area (Å²) in [7, 11) is 1.23. The maximum atomic E-state index is 9.72. The van der Waals surface area contributed by atoms with E-state index in [0.29, 0.717) is 5.75 Å². The molecule has 1 unspecified atom stereocenters. The molecule has 10 heavy (non-hydrogen) atoms. The van der Waals surface area contributed by atoms with Gasteiger partial charge in [-0.1, -0.05) is 10.8 Å². The van der Waals surface area contributed by atoms with E-state index in [9.17, 15) is 4.79 Å². The van der Waals surface area contributed by atoms with Crippen molar-refractivity contribution in [1.82, 2.24) is 0 Å². The Morgan fingerprint density at radius 1 is 1.70 bits per heavy atom. The predicted octanol–water partition coefficient (Wildman–Crippen LogP) is 1.33. The molecule has 0 radical (unpaired) electrons. The second-order valence-electron chi connectivity index (χ2n) is 1.22. The van der Waals surface area contributed by atoms with E-state index in [1.807, 2.05) is 0 Å². The Hall–Kier alpha value is -0.120. The second-order valence-corrected chi connectivity index (χ2v) is 2.77. The van der Waals surface area contributed by atoms with E-state index in [0.717, 1.165) is 0 Å². The monoisotopic (exact) mass is 192 g/mol. The van der Waals surface area contributed by atoms with E-state index >= 15 is 0 Å². The van der Waals surface area contributed by atoms with Crippen molar-refractivity contribution in [3.05, 3.63) is 0 Å². The third-order valence-corrected chi connectivity index (χ3v) is 1.63. The molecule has 54 valence electrons. The van der Waals surface area contributed by atoms with E-state index in [1.54, 1.807) is 0 Å². The highest BCUT2D eigenvalue weighted by Gasteiger charge is 2.00. The van der Waals surface area contributed by atoms with Crippen LogP contribution in [0.2, 0.25) is 0 Å². The van der Waals surface area contributed by atoms with Gasteiger partial charge in [0.2, 0.25) is 6.08 Å². The highest BCUT2D eigenvalue weighted by atomic mass is 33.1. The van der Waals surface area contributed by atoms with E-state index in [1.165, 1.54) is 16.9 Å². The van der Waals surface area contributed by atoms with Crippen LogP contribution < -0.4 is 0 Å². The number of hydrogen-bond donors (Lipinski definition) is 1. The summed E-state index contributed by atoms with van der Waals surface area (Å²) in [5.41, 5.74) is 0. The van der Waals surface area contributed by atoms with Gasteiger partial charge >= 0.3 is 0 Å². The van der Waals surface area contributed by atoms with Gasteiger partial charge < -0.3 is 0 Å². The van der Waals surface area contributed by atoms with Crippen molar-refractivity contribution in [2.24, 2.45) is 9.98 Å². The maximum Gasteiger partial charge on any atom is 0.237 e. The van der Waals surface area contributed by atoms with Crippen LogP contribution >= 0.6 is 34.7 Å². The van der Waals surface area contributed by atoms with Crippen molar-refractivity contribution in [2.75, 3.05) is 5.75 Å². The molecule has 0 aliphatic rings. The van der Waals surface area contributed by atoms with Gasteiger partial charge in [0.1, 0.15) is 0 Å². The van der Waals surface area contributed by atoms with Crippen LogP contribution in [-0.4, -0.2) is 23.2 Å². The van der Waals surface area contributed by atoms with Crippen molar-refractivity contribution >= 4 is 45.9 Å². The number of carbonyl (C=O) groups excluding carboxylic acids is 1. The molecule has 0 fully saturated rings. The minimum atomic E-state index is -0.475. The third kappa shape index (κ3) is 4.73. The smallest absolute Gasteiger partial charge is 0.211 e. The number of isocyanates is 1. The number of thiol groups is 1. The first-order valence-corrected chi connectivity index (χ1v) is 4.70. The Morgan fingerprint density at radius 3 is 2.80 bits per heavy atom. The number of nitrogens with zero attached hydrogens (tertiary/aromatic N) is 2. The molecule has 6 heteroatoms. The Labute approximate surface area is 72.8 Å². The van der Waals surface area contributed by atoms with Gasteiger partial charge in [0.15, 0.2) is 6.17 Å². The lowest BCUT2D eigenvalue weighted by Gasteiger charge is -1.96. The predicted molar refractivity (Wildman–Crippen MR) is 48.4 cm³/mol. The maximum absolute atomic E-state index is 9.72. The minimum Gasteiger partial charge on any atom is -0.211 e. The molecule has 1 atom stereocenters. The van der Waals surface area contributed by atoms with E-state index < -0.39 is 6.17 Å². The van der Waals surface area contributed by atoms with Gasteiger partial charge in [-0.25, -0.2) is 9.79 Å². The van der Waals surface area contributed by atoms with E-state index in [4.69, 9.17) is 0 Å². The molecule has 0 N–H and O–H groups in total. The number of rotatable bonds is 4. The highest BCUT2D eigenvalue weighted by Crippen LogP contribution is 2.09. The van der Waals surface area contributed by atoms with Gasteiger partial charge in [-0.05, 0) is 12.2 Å². The quantitative estimate of drug-likeness (QED) is 0.240. The number of aliphatic imine (C=N–C) groups is 2. The minimum absolute atomic E-state index is 0.475. The van der Waals surface area contributed by atoms with Crippen LogP contribution in [0.1, 0.15) is 0 Å². The molecule has 0 aromatic rings. The standard InChI is InChI=1S/C4H4N2OS3/c7-2-5-4(1-10-9)6-3-8/h4,9H,1H2. The van der Waals surface area contributed by atoms with Crippen LogP contribution in [0, 0.1) is 0 Å². The SMILES string of the molecule is O=C=NC(CSS)N=C=S. The zero-order chi connectivity index (χ0) is 7.82. The van der Waals surface area contributed by atoms with E-state index in [-0.39, 0.29) is 0 Å². The fourth-order valence-electron chi connectivity index (χ4n) is 0.292. The zero-order valence-corrected chi connectivity index (χ0v) is 7.38. The van der Waals surface area contributed by atoms with E-state index in [2.05, 4.69) is 39.0 Å². The van der Waals surface area contributed by atoms with Crippen LogP contribution in [0.5, 0.6) is 0 Å². The topological polar surface area (TPSA) is 41.8 Å². The summed E-state index contributed by atoms with van der Waals surface area (Å²) in [6.45, 7) is 0. The number of thiocarbonyl (C=S) groups is 1. The van der Waals surface area contributed by atoms with Crippen molar-refractivity contribution in [1.29, 1.82) is 0 Å². The van der Waals surface area contributed by atoms with Crippen LogP contribution in [0.4, 0.5) is 0 Å². The summed E-state index contributed by atoms with van der Waals surface area (Å²) in [6, 6.07) is 0. The average molecular weight is 192 g/mol. The molecule has 0 aliphatic carbocycles. The highest BCUT2D eigenvalue weighted by molar-refractivity contribution is 8.68. The molecule has 0 heterocycles. The van der Waals surface area contributed by atoms with Gasteiger partial charge in [0, 0.05) is 5.75 Å².